The molecule has 2 rings (SSSR count). The molecule has 160 valence electrons. The minimum absolute atomic E-state index is 0.125. The summed E-state index contributed by atoms with van der Waals surface area (Å²) in [5, 5.41) is 8.19. The van der Waals surface area contributed by atoms with Crippen molar-refractivity contribution in [2.45, 2.75) is 85.4 Å². The third kappa shape index (κ3) is 6.90. The maximum atomic E-state index is 11.7. The van der Waals surface area contributed by atoms with E-state index in [-0.39, 0.29) is 17.5 Å². The van der Waals surface area contributed by atoms with Gasteiger partial charge in [-0.15, -0.1) is 0 Å². The molecule has 0 spiro atoms. The second-order valence-electron chi connectivity index (χ2n) is 8.35. The fraction of sp³-hybridized carbons (Fsp3) is 0.826. The first-order valence-corrected chi connectivity index (χ1v) is 10.7. The monoisotopic (exact) mass is 393 g/mol. The maximum absolute atomic E-state index is 11.7. The van der Waals surface area contributed by atoms with Crippen molar-refractivity contribution in [1.29, 1.82) is 5.26 Å². The Bertz CT molecular complexity index is 541. The van der Waals surface area contributed by atoms with E-state index in [2.05, 4.69) is 27.4 Å². The van der Waals surface area contributed by atoms with Gasteiger partial charge in [0.2, 0.25) is 0 Å². The van der Waals surface area contributed by atoms with Crippen molar-refractivity contribution >= 4 is 5.97 Å². The number of esters is 1. The molecular formula is C23H39NO4. The Hall–Kier alpha value is -1.38. The van der Waals surface area contributed by atoms with E-state index in [0.717, 1.165) is 18.8 Å². The first kappa shape index (κ1) is 24.7. The van der Waals surface area contributed by atoms with Crippen LogP contribution in [0.25, 0.3) is 0 Å². The molecule has 0 N–H and O–H groups in total. The molecule has 2 saturated carbocycles. The highest BCUT2D eigenvalue weighted by Crippen LogP contribution is 2.58. The minimum Gasteiger partial charge on any atom is -0.458 e. The maximum Gasteiger partial charge on any atom is 0.333 e. The Balaban J connectivity index is 0.000000295. The number of nitriles is 1. The van der Waals surface area contributed by atoms with E-state index in [1.807, 2.05) is 13.0 Å². The molecule has 0 amide bonds. The van der Waals surface area contributed by atoms with Gasteiger partial charge in [0.15, 0.2) is 0 Å². The fourth-order valence-electron chi connectivity index (χ4n) is 4.24. The van der Waals surface area contributed by atoms with Crippen LogP contribution in [0.3, 0.4) is 0 Å². The van der Waals surface area contributed by atoms with Crippen molar-refractivity contribution in [3.63, 3.8) is 0 Å². The summed E-state index contributed by atoms with van der Waals surface area (Å²) in [6, 6.07) is 2.01. The van der Waals surface area contributed by atoms with Gasteiger partial charge in [-0.1, -0.05) is 27.4 Å². The van der Waals surface area contributed by atoms with Crippen LogP contribution in [-0.4, -0.2) is 38.0 Å². The minimum atomic E-state index is -0.211. The average molecular weight is 394 g/mol. The van der Waals surface area contributed by atoms with Crippen LogP contribution in [0, 0.1) is 28.6 Å². The van der Waals surface area contributed by atoms with Crippen LogP contribution in [0.4, 0.5) is 0 Å². The van der Waals surface area contributed by atoms with E-state index in [1.165, 1.54) is 19.3 Å². The summed E-state index contributed by atoms with van der Waals surface area (Å²) in [5.41, 5.74) is 0.717. The summed E-state index contributed by atoms with van der Waals surface area (Å²) in [5.74, 6) is 1.14. The SMILES string of the molecule is C=C(C)C(=O)OC1C2CCC(C2)C1(C)CC.CCC(C)OCCOCCC#N. The van der Waals surface area contributed by atoms with E-state index < -0.39 is 0 Å². The van der Waals surface area contributed by atoms with Crippen molar-refractivity contribution in [1.82, 2.24) is 0 Å². The molecule has 0 aromatic carbocycles. The van der Waals surface area contributed by atoms with E-state index in [9.17, 15) is 4.79 Å². The van der Waals surface area contributed by atoms with Crippen molar-refractivity contribution in [2.75, 3.05) is 19.8 Å². The highest BCUT2D eigenvalue weighted by atomic mass is 16.5. The molecule has 2 aliphatic rings. The molecule has 0 aromatic rings. The fourth-order valence-corrected chi connectivity index (χ4v) is 4.24. The highest BCUT2D eigenvalue weighted by Gasteiger charge is 2.56. The highest BCUT2D eigenvalue weighted by molar-refractivity contribution is 5.87. The standard InChI is InChI=1S/C14H22O2.C9H17NO2/c1-5-14(4)11-7-6-10(8-11)12(14)16-13(15)9(2)3;1-3-9(2)12-8-7-11-6-4-5-10/h10-12H,2,5-8H2,1,3-4H3;9H,3-4,6-8H2,1-2H3. The molecule has 2 aliphatic carbocycles. The lowest BCUT2D eigenvalue weighted by Gasteiger charge is -2.39. The van der Waals surface area contributed by atoms with Crippen LogP contribution in [0.1, 0.15) is 73.1 Å². The molecule has 0 aliphatic heterocycles. The average Bonchev–Trinajstić information content (AvgIpc) is 3.26. The second kappa shape index (κ2) is 12.2. The van der Waals surface area contributed by atoms with E-state index in [0.29, 0.717) is 43.8 Å². The summed E-state index contributed by atoms with van der Waals surface area (Å²) in [4.78, 5) is 11.7. The summed E-state index contributed by atoms with van der Waals surface area (Å²) in [7, 11) is 0. The molecule has 2 bridgehead atoms. The zero-order valence-electron chi connectivity index (χ0n) is 18.5. The van der Waals surface area contributed by atoms with Gasteiger partial charge in [0.25, 0.3) is 0 Å². The topological polar surface area (TPSA) is 68.6 Å². The van der Waals surface area contributed by atoms with Gasteiger partial charge in [0.05, 0.1) is 38.4 Å². The Labute approximate surface area is 171 Å². The molecule has 2 fully saturated rings. The third-order valence-corrected chi connectivity index (χ3v) is 6.39. The lowest BCUT2D eigenvalue weighted by atomic mass is 9.71. The largest absolute Gasteiger partial charge is 0.458 e. The molecule has 0 saturated heterocycles. The normalized spacial score (nSPS) is 28.8. The van der Waals surface area contributed by atoms with Crippen LogP contribution in [0.5, 0.6) is 0 Å². The first-order valence-electron chi connectivity index (χ1n) is 10.7. The molecule has 5 atom stereocenters. The quantitative estimate of drug-likeness (QED) is 0.295. The van der Waals surface area contributed by atoms with Gasteiger partial charge < -0.3 is 14.2 Å². The van der Waals surface area contributed by atoms with Gasteiger partial charge in [-0.05, 0) is 57.8 Å². The molecule has 0 heterocycles. The number of hydrogen-bond donors (Lipinski definition) is 0. The van der Waals surface area contributed by atoms with Crippen LogP contribution in [-0.2, 0) is 19.0 Å². The molecular weight excluding hydrogens is 354 g/mol. The smallest absolute Gasteiger partial charge is 0.333 e. The van der Waals surface area contributed by atoms with Gasteiger partial charge in [0.1, 0.15) is 6.10 Å². The molecule has 28 heavy (non-hydrogen) atoms. The van der Waals surface area contributed by atoms with Crippen molar-refractivity contribution in [2.24, 2.45) is 17.3 Å². The Kier molecular flexibility index (Phi) is 10.8. The lowest BCUT2D eigenvalue weighted by Crippen LogP contribution is -2.40. The predicted octanol–water partition coefficient (Wildman–Crippen LogP) is 5.05. The molecule has 0 aromatic heterocycles. The van der Waals surface area contributed by atoms with Gasteiger partial charge in [-0.25, -0.2) is 4.79 Å². The molecule has 5 unspecified atom stereocenters. The predicted molar refractivity (Wildman–Crippen MR) is 111 cm³/mol. The van der Waals surface area contributed by atoms with E-state index in [4.69, 9.17) is 19.5 Å². The number of rotatable bonds is 10. The summed E-state index contributed by atoms with van der Waals surface area (Å²) >= 11 is 0. The zero-order valence-corrected chi connectivity index (χ0v) is 18.5. The van der Waals surface area contributed by atoms with Crippen molar-refractivity contribution in [3.8, 4) is 6.07 Å². The van der Waals surface area contributed by atoms with Crippen LogP contribution in [0.2, 0.25) is 0 Å². The van der Waals surface area contributed by atoms with Crippen molar-refractivity contribution < 1.29 is 19.0 Å². The number of nitrogens with zero attached hydrogens (tertiary/aromatic N) is 1. The number of ether oxygens (including phenoxy) is 3. The number of hydrogen-bond acceptors (Lipinski definition) is 5. The second-order valence-corrected chi connectivity index (χ2v) is 8.35. The van der Waals surface area contributed by atoms with E-state index in [1.54, 1.807) is 6.92 Å². The Morgan fingerprint density at radius 2 is 2.00 bits per heavy atom. The third-order valence-electron chi connectivity index (χ3n) is 6.39. The Morgan fingerprint density at radius 3 is 2.57 bits per heavy atom. The van der Waals surface area contributed by atoms with E-state index >= 15 is 0 Å². The first-order chi connectivity index (χ1) is 13.3. The van der Waals surface area contributed by atoms with Gasteiger partial charge in [-0.3, -0.25) is 0 Å². The number of carbonyl (C=O) groups is 1. The summed E-state index contributed by atoms with van der Waals surface area (Å²) in [6.07, 6.45) is 6.82. The Morgan fingerprint density at radius 1 is 1.29 bits per heavy atom. The summed E-state index contributed by atoms with van der Waals surface area (Å²) in [6.45, 7) is 15.7. The zero-order chi connectivity index (χ0) is 21.2. The molecule has 5 heteroatoms. The number of fused-ring (bicyclic) bond motifs is 2. The van der Waals surface area contributed by atoms with Crippen LogP contribution in [0.15, 0.2) is 12.2 Å². The van der Waals surface area contributed by atoms with Crippen molar-refractivity contribution in [3.05, 3.63) is 12.2 Å². The lowest BCUT2D eigenvalue weighted by molar-refractivity contribution is -0.155. The van der Waals surface area contributed by atoms with Crippen LogP contribution < -0.4 is 0 Å². The molecule has 5 nitrogen and oxygen atoms in total. The van der Waals surface area contributed by atoms with Crippen LogP contribution >= 0.6 is 0 Å². The van der Waals surface area contributed by atoms with Gasteiger partial charge in [0, 0.05) is 11.0 Å². The molecule has 0 radical (unpaired) electrons. The summed E-state index contributed by atoms with van der Waals surface area (Å²) < 4.78 is 16.2. The number of carbonyl (C=O) groups excluding carboxylic acids is 1. The van der Waals surface area contributed by atoms with Gasteiger partial charge in [-0.2, -0.15) is 5.26 Å². The van der Waals surface area contributed by atoms with Gasteiger partial charge >= 0.3 is 5.97 Å².